The summed E-state index contributed by atoms with van der Waals surface area (Å²) in [4.78, 5) is 4.16. The molecule has 0 bridgehead atoms. The molecule has 0 aliphatic carbocycles. The number of ether oxygens (including phenoxy) is 1. The van der Waals surface area contributed by atoms with Crippen molar-refractivity contribution in [1.29, 1.82) is 0 Å². The number of aliphatic imine (C=N–C) groups is 1. The van der Waals surface area contributed by atoms with E-state index in [4.69, 9.17) is 4.74 Å². The number of methoxy groups -OCH3 is 1. The van der Waals surface area contributed by atoms with Crippen LogP contribution in [0.15, 0.2) is 17.4 Å². The van der Waals surface area contributed by atoms with E-state index in [9.17, 15) is 0 Å². The molecule has 1 unspecified atom stereocenters. The molecule has 0 radical (unpaired) electrons. The van der Waals surface area contributed by atoms with Crippen molar-refractivity contribution in [3.05, 3.63) is 18.0 Å². The van der Waals surface area contributed by atoms with Crippen LogP contribution in [0.3, 0.4) is 0 Å². The number of hydrogen-bond donors (Lipinski definition) is 2. The highest BCUT2D eigenvalue weighted by atomic mass is 127. The summed E-state index contributed by atoms with van der Waals surface area (Å²) in [6.45, 7) is 3.53. The minimum absolute atomic E-state index is 0. The second kappa shape index (κ2) is 10.0. The third kappa shape index (κ3) is 7.36. The van der Waals surface area contributed by atoms with Crippen LogP contribution in [0.5, 0.6) is 0 Å². The van der Waals surface area contributed by atoms with Gasteiger partial charge in [-0.1, -0.05) is 0 Å². The maximum absolute atomic E-state index is 5.07. The summed E-state index contributed by atoms with van der Waals surface area (Å²) in [5, 5.41) is 10.6. The zero-order valence-corrected chi connectivity index (χ0v) is 14.3. The summed E-state index contributed by atoms with van der Waals surface area (Å²) in [6, 6.07) is 0.236. The predicted molar refractivity (Wildman–Crippen MR) is 88.2 cm³/mol. The Morgan fingerprint density at radius 3 is 2.84 bits per heavy atom. The molecule has 0 spiro atoms. The topological polar surface area (TPSA) is 63.5 Å². The van der Waals surface area contributed by atoms with Crippen LogP contribution in [0.2, 0.25) is 0 Å². The van der Waals surface area contributed by atoms with Crippen LogP contribution in [0, 0.1) is 0 Å². The van der Waals surface area contributed by atoms with Gasteiger partial charge < -0.3 is 15.4 Å². The lowest BCUT2D eigenvalue weighted by Crippen LogP contribution is -2.44. The molecule has 1 heterocycles. The zero-order valence-electron chi connectivity index (χ0n) is 12.0. The zero-order chi connectivity index (χ0) is 13.4. The Kier molecular flexibility index (Phi) is 9.58. The molecule has 0 aliphatic rings. The van der Waals surface area contributed by atoms with Crippen molar-refractivity contribution in [1.82, 2.24) is 20.4 Å². The SMILES string of the molecule is CN=C(NCCc1cnn(C)c1)NC(C)COC.I. The molecule has 0 saturated heterocycles. The van der Waals surface area contributed by atoms with Crippen LogP contribution in [0.1, 0.15) is 12.5 Å². The first-order valence-electron chi connectivity index (χ1n) is 6.09. The number of nitrogens with zero attached hydrogens (tertiary/aromatic N) is 3. The third-order valence-electron chi connectivity index (χ3n) is 2.49. The lowest BCUT2D eigenvalue weighted by molar-refractivity contribution is 0.179. The smallest absolute Gasteiger partial charge is 0.191 e. The summed E-state index contributed by atoms with van der Waals surface area (Å²) >= 11 is 0. The van der Waals surface area contributed by atoms with Crippen LogP contribution in [-0.4, -0.2) is 49.1 Å². The highest BCUT2D eigenvalue weighted by molar-refractivity contribution is 14.0. The molecule has 6 nitrogen and oxygen atoms in total. The number of rotatable bonds is 6. The first kappa shape index (κ1) is 18.2. The standard InChI is InChI=1S/C12H23N5O.HI/c1-10(9-18-4)16-12(13-2)14-6-5-11-7-15-17(3)8-11;/h7-8,10H,5-6,9H2,1-4H3,(H2,13,14,16);1H. The highest BCUT2D eigenvalue weighted by Crippen LogP contribution is 1.95. The minimum Gasteiger partial charge on any atom is -0.383 e. The Hall–Kier alpha value is -0.830. The molecule has 110 valence electrons. The lowest BCUT2D eigenvalue weighted by atomic mass is 10.2. The second-order valence-electron chi connectivity index (χ2n) is 4.27. The van der Waals surface area contributed by atoms with Crippen molar-refractivity contribution in [2.24, 2.45) is 12.0 Å². The Labute approximate surface area is 132 Å². The van der Waals surface area contributed by atoms with Gasteiger partial charge in [-0.05, 0) is 18.9 Å². The van der Waals surface area contributed by atoms with Crippen molar-refractivity contribution >= 4 is 29.9 Å². The third-order valence-corrected chi connectivity index (χ3v) is 2.49. The molecule has 0 fully saturated rings. The molecule has 1 aromatic rings. The van der Waals surface area contributed by atoms with Crippen LogP contribution >= 0.6 is 24.0 Å². The van der Waals surface area contributed by atoms with Gasteiger partial charge >= 0.3 is 0 Å². The van der Waals surface area contributed by atoms with Crippen molar-refractivity contribution in [2.75, 3.05) is 27.3 Å². The number of nitrogens with one attached hydrogen (secondary N) is 2. The Morgan fingerprint density at radius 1 is 1.58 bits per heavy atom. The summed E-state index contributed by atoms with van der Waals surface area (Å²) < 4.78 is 6.88. The Balaban J connectivity index is 0.00000324. The quantitative estimate of drug-likeness (QED) is 0.434. The molecule has 1 rings (SSSR count). The fourth-order valence-electron chi connectivity index (χ4n) is 1.65. The van der Waals surface area contributed by atoms with Gasteiger partial charge in [-0.2, -0.15) is 5.10 Å². The Morgan fingerprint density at radius 2 is 2.32 bits per heavy atom. The number of guanidine groups is 1. The normalized spacial score (nSPS) is 12.7. The molecule has 1 atom stereocenters. The first-order valence-corrected chi connectivity index (χ1v) is 6.09. The summed E-state index contributed by atoms with van der Waals surface area (Å²) in [5.74, 6) is 0.795. The van der Waals surface area contributed by atoms with Gasteiger partial charge in [-0.3, -0.25) is 9.67 Å². The molecular formula is C12H24IN5O. The molecule has 0 saturated carbocycles. The molecule has 7 heteroatoms. The van der Waals surface area contributed by atoms with E-state index < -0.39 is 0 Å². The first-order chi connectivity index (χ1) is 8.65. The van der Waals surface area contributed by atoms with Crippen LogP contribution in [-0.2, 0) is 18.2 Å². The summed E-state index contributed by atoms with van der Waals surface area (Å²) in [5.41, 5.74) is 1.21. The second-order valence-corrected chi connectivity index (χ2v) is 4.27. The van der Waals surface area contributed by atoms with E-state index in [1.165, 1.54) is 5.56 Å². The predicted octanol–water partition coefficient (Wildman–Crippen LogP) is 0.780. The fraction of sp³-hybridized carbons (Fsp3) is 0.667. The number of halogens is 1. The molecule has 2 N–H and O–H groups in total. The monoisotopic (exact) mass is 381 g/mol. The van der Waals surface area contributed by atoms with Gasteiger partial charge in [0.2, 0.25) is 0 Å². The van der Waals surface area contributed by atoms with E-state index in [-0.39, 0.29) is 30.0 Å². The molecule has 19 heavy (non-hydrogen) atoms. The van der Waals surface area contributed by atoms with Gasteiger partial charge in [0, 0.05) is 40.0 Å². The van der Waals surface area contributed by atoms with Crippen molar-refractivity contribution in [3.8, 4) is 0 Å². The maximum atomic E-state index is 5.07. The number of aryl methyl sites for hydroxylation is 1. The van der Waals surface area contributed by atoms with Crippen molar-refractivity contribution in [3.63, 3.8) is 0 Å². The number of hydrogen-bond acceptors (Lipinski definition) is 3. The molecule has 0 aromatic carbocycles. The van der Waals surface area contributed by atoms with E-state index >= 15 is 0 Å². The number of aromatic nitrogens is 2. The van der Waals surface area contributed by atoms with Crippen LogP contribution in [0.4, 0.5) is 0 Å². The van der Waals surface area contributed by atoms with Gasteiger partial charge in [0.15, 0.2) is 5.96 Å². The lowest BCUT2D eigenvalue weighted by Gasteiger charge is -2.16. The van der Waals surface area contributed by atoms with Crippen molar-refractivity contribution in [2.45, 2.75) is 19.4 Å². The van der Waals surface area contributed by atoms with Crippen LogP contribution in [0.25, 0.3) is 0 Å². The van der Waals surface area contributed by atoms with Gasteiger partial charge in [0.05, 0.1) is 12.8 Å². The van der Waals surface area contributed by atoms with Crippen LogP contribution < -0.4 is 10.6 Å². The van der Waals surface area contributed by atoms with Gasteiger partial charge in [-0.25, -0.2) is 0 Å². The summed E-state index contributed by atoms with van der Waals surface area (Å²) in [6.07, 6.45) is 4.82. The van der Waals surface area contributed by atoms with E-state index in [1.54, 1.807) is 14.2 Å². The molecular weight excluding hydrogens is 357 g/mol. The largest absolute Gasteiger partial charge is 0.383 e. The molecule has 0 aliphatic heterocycles. The highest BCUT2D eigenvalue weighted by Gasteiger charge is 2.04. The van der Waals surface area contributed by atoms with E-state index in [0.29, 0.717) is 6.61 Å². The van der Waals surface area contributed by atoms with E-state index in [2.05, 4.69) is 27.6 Å². The van der Waals surface area contributed by atoms with Crippen molar-refractivity contribution < 1.29 is 4.74 Å². The van der Waals surface area contributed by atoms with E-state index in [1.807, 2.05) is 24.1 Å². The Bertz CT molecular complexity index is 380. The molecule has 1 aromatic heterocycles. The van der Waals surface area contributed by atoms with Gasteiger partial charge in [0.1, 0.15) is 0 Å². The average molecular weight is 381 g/mol. The average Bonchev–Trinajstić information content (AvgIpc) is 2.74. The minimum atomic E-state index is 0. The fourth-order valence-corrected chi connectivity index (χ4v) is 1.65. The molecule has 0 amide bonds. The van der Waals surface area contributed by atoms with Gasteiger partial charge in [-0.15, -0.1) is 24.0 Å². The summed E-state index contributed by atoms with van der Waals surface area (Å²) in [7, 11) is 5.37. The van der Waals surface area contributed by atoms with Gasteiger partial charge in [0.25, 0.3) is 0 Å². The van der Waals surface area contributed by atoms with E-state index in [0.717, 1.165) is 18.9 Å². The maximum Gasteiger partial charge on any atom is 0.191 e.